The lowest BCUT2D eigenvalue weighted by Gasteiger charge is -2.04. The molecule has 0 spiro atoms. The number of benzene rings is 2. The fraction of sp³-hybridized carbons (Fsp3) is 0. The van der Waals surface area contributed by atoms with Crippen molar-refractivity contribution in [1.82, 2.24) is 15.0 Å². The lowest BCUT2D eigenvalue weighted by Crippen LogP contribution is -2.05. The molecule has 29 heavy (non-hydrogen) atoms. The number of hydrogen-bond donors (Lipinski definition) is 2. The van der Waals surface area contributed by atoms with Crippen LogP contribution in [0, 0.1) is 0 Å². The maximum atomic E-state index is 12.6. The standard InChI is InChI=1S/C22H15ClN4O2/c23-17-8-5-15(6-9-17)21(29)14-3-1-13(2-4-14)18-12-26-22-20(27-18)16(11-25-22)7-10-19(24)28/h1-12H,(H2,24,28)(H,25,26). The zero-order chi connectivity index (χ0) is 20.4. The smallest absolute Gasteiger partial charge is 0.241 e. The van der Waals surface area contributed by atoms with Crippen LogP contribution in [-0.4, -0.2) is 26.6 Å². The molecule has 1 amide bonds. The first-order chi connectivity index (χ1) is 14.0. The minimum atomic E-state index is -0.538. The third-order valence-corrected chi connectivity index (χ3v) is 4.64. The fourth-order valence-corrected chi connectivity index (χ4v) is 3.03. The minimum Gasteiger partial charge on any atom is -0.366 e. The number of carbonyl (C=O) groups is 2. The molecule has 2 aromatic heterocycles. The SMILES string of the molecule is NC(=O)C=Cc1c[nH]c2ncc(-c3ccc(C(=O)c4ccc(Cl)cc4)cc3)nc12. The van der Waals surface area contributed by atoms with E-state index >= 15 is 0 Å². The van der Waals surface area contributed by atoms with Crippen LogP contribution in [0.15, 0.2) is 67.0 Å². The summed E-state index contributed by atoms with van der Waals surface area (Å²) in [7, 11) is 0. The number of nitrogens with zero attached hydrogens (tertiary/aromatic N) is 2. The number of nitrogens with one attached hydrogen (secondary N) is 1. The first-order valence-electron chi connectivity index (χ1n) is 8.73. The number of halogens is 1. The number of fused-ring (bicyclic) bond motifs is 1. The number of primary amides is 1. The Morgan fingerprint density at radius 3 is 2.31 bits per heavy atom. The molecule has 2 aromatic carbocycles. The number of amides is 1. The van der Waals surface area contributed by atoms with Crippen molar-refractivity contribution in [3.63, 3.8) is 0 Å². The van der Waals surface area contributed by atoms with Crippen LogP contribution in [-0.2, 0) is 4.79 Å². The van der Waals surface area contributed by atoms with Gasteiger partial charge in [-0.25, -0.2) is 9.97 Å². The molecule has 0 atom stereocenters. The van der Waals surface area contributed by atoms with Gasteiger partial charge in [0.05, 0.1) is 11.9 Å². The van der Waals surface area contributed by atoms with Gasteiger partial charge < -0.3 is 10.7 Å². The zero-order valence-electron chi connectivity index (χ0n) is 15.1. The lowest BCUT2D eigenvalue weighted by molar-refractivity contribution is -0.113. The van der Waals surface area contributed by atoms with Crippen LogP contribution < -0.4 is 5.73 Å². The van der Waals surface area contributed by atoms with Crippen molar-refractivity contribution in [2.75, 3.05) is 0 Å². The second kappa shape index (κ2) is 7.69. The number of ketones is 1. The van der Waals surface area contributed by atoms with Gasteiger partial charge in [0.25, 0.3) is 0 Å². The molecule has 3 N–H and O–H groups in total. The quantitative estimate of drug-likeness (QED) is 0.389. The molecule has 0 aliphatic carbocycles. The number of hydrogen-bond acceptors (Lipinski definition) is 4. The van der Waals surface area contributed by atoms with Crippen LogP contribution >= 0.6 is 11.6 Å². The van der Waals surface area contributed by atoms with E-state index in [1.54, 1.807) is 54.9 Å². The molecule has 0 unspecified atom stereocenters. The predicted octanol–water partition coefficient (Wildman–Crippen LogP) is 4.01. The molecule has 0 saturated heterocycles. The van der Waals surface area contributed by atoms with Gasteiger partial charge in [0, 0.05) is 39.5 Å². The fourth-order valence-electron chi connectivity index (χ4n) is 2.91. The minimum absolute atomic E-state index is 0.0840. The van der Waals surface area contributed by atoms with Gasteiger partial charge in [-0.15, -0.1) is 0 Å². The first kappa shape index (κ1) is 18.6. The number of rotatable bonds is 5. The molecule has 142 valence electrons. The van der Waals surface area contributed by atoms with E-state index in [0.29, 0.717) is 38.6 Å². The average Bonchev–Trinajstić information content (AvgIpc) is 3.14. The van der Waals surface area contributed by atoms with E-state index in [4.69, 9.17) is 17.3 Å². The number of carbonyl (C=O) groups excluding carboxylic acids is 2. The van der Waals surface area contributed by atoms with Crippen molar-refractivity contribution in [3.05, 3.63) is 88.7 Å². The van der Waals surface area contributed by atoms with E-state index < -0.39 is 5.91 Å². The monoisotopic (exact) mass is 402 g/mol. The van der Waals surface area contributed by atoms with E-state index in [2.05, 4.69) is 15.0 Å². The highest BCUT2D eigenvalue weighted by molar-refractivity contribution is 6.30. The number of aromatic nitrogens is 3. The maximum absolute atomic E-state index is 12.6. The van der Waals surface area contributed by atoms with Crippen molar-refractivity contribution >= 4 is 40.5 Å². The predicted molar refractivity (Wildman–Crippen MR) is 112 cm³/mol. The van der Waals surface area contributed by atoms with Crippen LogP contribution in [0.25, 0.3) is 28.5 Å². The third-order valence-electron chi connectivity index (χ3n) is 4.39. The molecule has 2 heterocycles. The number of aromatic amines is 1. The molecule has 6 nitrogen and oxygen atoms in total. The van der Waals surface area contributed by atoms with Crippen molar-refractivity contribution in [1.29, 1.82) is 0 Å². The van der Waals surface area contributed by atoms with Gasteiger partial charge in [0.1, 0.15) is 5.52 Å². The largest absolute Gasteiger partial charge is 0.366 e. The van der Waals surface area contributed by atoms with Crippen molar-refractivity contribution in [3.8, 4) is 11.3 Å². The molecule has 0 fully saturated rings. The average molecular weight is 403 g/mol. The second-order valence-corrected chi connectivity index (χ2v) is 6.78. The van der Waals surface area contributed by atoms with E-state index in [1.807, 2.05) is 12.1 Å². The summed E-state index contributed by atoms with van der Waals surface area (Å²) in [5.74, 6) is -0.622. The Hall–Kier alpha value is -3.77. The molecule has 7 heteroatoms. The summed E-state index contributed by atoms with van der Waals surface area (Å²) in [4.78, 5) is 35.6. The van der Waals surface area contributed by atoms with Crippen LogP contribution in [0.4, 0.5) is 0 Å². The number of H-pyrrole nitrogens is 1. The Morgan fingerprint density at radius 2 is 1.66 bits per heavy atom. The number of nitrogens with two attached hydrogens (primary N) is 1. The summed E-state index contributed by atoms with van der Waals surface area (Å²) < 4.78 is 0. The van der Waals surface area contributed by atoms with Crippen LogP contribution in [0.5, 0.6) is 0 Å². The Kier molecular flexibility index (Phi) is 4.93. The molecule has 0 aliphatic heterocycles. The first-order valence-corrected chi connectivity index (χ1v) is 9.11. The topological polar surface area (TPSA) is 102 Å². The van der Waals surface area contributed by atoms with Crippen LogP contribution in [0.3, 0.4) is 0 Å². The zero-order valence-corrected chi connectivity index (χ0v) is 15.9. The van der Waals surface area contributed by atoms with Gasteiger partial charge in [-0.05, 0) is 30.3 Å². The summed E-state index contributed by atoms with van der Waals surface area (Å²) in [5, 5.41) is 0.584. The highest BCUT2D eigenvalue weighted by atomic mass is 35.5. The van der Waals surface area contributed by atoms with Gasteiger partial charge in [-0.1, -0.05) is 35.9 Å². The van der Waals surface area contributed by atoms with E-state index in [9.17, 15) is 9.59 Å². The molecule has 4 rings (SSSR count). The van der Waals surface area contributed by atoms with Crippen LogP contribution in [0.2, 0.25) is 5.02 Å². The van der Waals surface area contributed by atoms with Crippen molar-refractivity contribution in [2.24, 2.45) is 5.73 Å². The third kappa shape index (κ3) is 3.93. The normalized spacial score (nSPS) is 11.2. The molecule has 0 radical (unpaired) electrons. The van der Waals surface area contributed by atoms with Gasteiger partial charge in [0.2, 0.25) is 5.91 Å². The highest BCUT2D eigenvalue weighted by Gasteiger charge is 2.11. The Morgan fingerprint density at radius 1 is 1.00 bits per heavy atom. The van der Waals surface area contributed by atoms with Gasteiger partial charge in [-0.2, -0.15) is 0 Å². The van der Waals surface area contributed by atoms with E-state index in [-0.39, 0.29) is 5.78 Å². The summed E-state index contributed by atoms with van der Waals surface area (Å²) >= 11 is 5.88. The van der Waals surface area contributed by atoms with E-state index in [1.165, 1.54) is 6.08 Å². The Balaban J connectivity index is 1.64. The van der Waals surface area contributed by atoms with Crippen molar-refractivity contribution in [2.45, 2.75) is 0 Å². The maximum Gasteiger partial charge on any atom is 0.241 e. The summed E-state index contributed by atoms with van der Waals surface area (Å²) in [6.45, 7) is 0. The molecule has 0 bridgehead atoms. The van der Waals surface area contributed by atoms with Crippen LogP contribution in [0.1, 0.15) is 21.5 Å². The van der Waals surface area contributed by atoms with Gasteiger partial charge in [0.15, 0.2) is 11.4 Å². The summed E-state index contributed by atoms with van der Waals surface area (Å²) in [6, 6.07) is 13.9. The second-order valence-electron chi connectivity index (χ2n) is 6.35. The Labute approximate surface area is 171 Å². The lowest BCUT2D eigenvalue weighted by atomic mass is 10.0. The molecule has 0 saturated carbocycles. The van der Waals surface area contributed by atoms with Gasteiger partial charge in [-0.3, -0.25) is 9.59 Å². The Bertz CT molecular complexity index is 1240. The summed E-state index contributed by atoms with van der Waals surface area (Å²) in [5.41, 5.74) is 9.70. The molecule has 4 aromatic rings. The van der Waals surface area contributed by atoms with E-state index in [0.717, 1.165) is 5.56 Å². The highest BCUT2D eigenvalue weighted by Crippen LogP contribution is 2.23. The summed E-state index contributed by atoms with van der Waals surface area (Å²) in [6.07, 6.45) is 6.22. The molecule has 0 aliphatic rings. The molecular formula is C22H15ClN4O2. The van der Waals surface area contributed by atoms with Crippen molar-refractivity contribution < 1.29 is 9.59 Å². The molecular weight excluding hydrogens is 388 g/mol. The van der Waals surface area contributed by atoms with Gasteiger partial charge >= 0.3 is 0 Å².